The van der Waals surface area contributed by atoms with Crippen LogP contribution in [0.25, 0.3) is 32.9 Å². The minimum absolute atomic E-state index is 0.216. The molecule has 0 spiro atoms. The second kappa shape index (κ2) is 6.58. The van der Waals surface area contributed by atoms with E-state index in [2.05, 4.69) is 71.4 Å². The molecular formula is C20H18ClN3SSi. The summed E-state index contributed by atoms with van der Waals surface area (Å²) >= 11 is 7.91. The van der Waals surface area contributed by atoms with E-state index >= 15 is 0 Å². The molecule has 0 fully saturated rings. The lowest BCUT2D eigenvalue weighted by molar-refractivity contribution is 1.07. The van der Waals surface area contributed by atoms with Crippen molar-refractivity contribution in [1.82, 2.24) is 15.0 Å². The van der Waals surface area contributed by atoms with Gasteiger partial charge in [-0.25, -0.2) is 4.98 Å². The SMILES string of the molecule is C[Si](C)(C)c1ccc(-c2nc(Cl)nc(-c3cccc4ccsc34)n2)cc1. The van der Waals surface area contributed by atoms with Gasteiger partial charge in [-0.3, -0.25) is 0 Å². The number of hydrogen-bond donors (Lipinski definition) is 0. The first-order valence-electron chi connectivity index (χ1n) is 8.41. The molecule has 0 aliphatic heterocycles. The molecule has 130 valence electrons. The van der Waals surface area contributed by atoms with Gasteiger partial charge in [0, 0.05) is 15.8 Å². The number of halogens is 1. The fourth-order valence-corrected chi connectivity index (χ4v) is 5.12. The van der Waals surface area contributed by atoms with Gasteiger partial charge < -0.3 is 0 Å². The highest BCUT2D eigenvalue weighted by atomic mass is 35.5. The van der Waals surface area contributed by atoms with Crippen LogP contribution in [0.15, 0.2) is 53.9 Å². The zero-order valence-electron chi connectivity index (χ0n) is 14.8. The molecule has 0 amide bonds. The molecule has 2 aromatic carbocycles. The lowest BCUT2D eigenvalue weighted by Gasteiger charge is -2.16. The van der Waals surface area contributed by atoms with Gasteiger partial charge in [0.1, 0.15) is 0 Å². The van der Waals surface area contributed by atoms with Crippen molar-refractivity contribution in [2.24, 2.45) is 0 Å². The number of nitrogens with zero attached hydrogens (tertiary/aromatic N) is 3. The van der Waals surface area contributed by atoms with Crippen molar-refractivity contribution < 1.29 is 0 Å². The van der Waals surface area contributed by atoms with E-state index in [1.54, 1.807) is 11.3 Å². The van der Waals surface area contributed by atoms with E-state index in [-0.39, 0.29) is 5.28 Å². The van der Waals surface area contributed by atoms with Crippen LogP contribution >= 0.6 is 22.9 Å². The Bertz CT molecular complexity index is 1080. The molecule has 0 radical (unpaired) electrons. The average Bonchev–Trinajstić information content (AvgIpc) is 3.09. The van der Waals surface area contributed by atoms with Gasteiger partial charge in [-0.05, 0) is 34.5 Å². The molecule has 0 saturated heterocycles. The summed E-state index contributed by atoms with van der Waals surface area (Å²) in [5.74, 6) is 1.22. The Morgan fingerprint density at radius 2 is 1.58 bits per heavy atom. The third kappa shape index (κ3) is 3.30. The summed E-state index contributed by atoms with van der Waals surface area (Å²) < 4.78 is 1.16. The molecule has 0 bridgehead atoms. The maximum Gasteiger partial charge on any atom is 0.226 e. The highest BCUT2D eigenvalue weighted by Gasteiger charge is 2.17. The molecule has 0 saturated carbocycles. The molecule has 0 aliphatic carbocycles. The molecular weight excluding hydrogens is 378 g/mol. The van der Waals surface area contributed by atoms with E-state index in [4.69, 9.17) is 16.6 Å². The van der Waals surface area contributed by atoms with Gasteiger partial charge >= 0.3 is 0 Å². The minimum Gasteiger partial charge on any atom is -0.208 e. The van der Waals surface area contributed by atoms with Gasteiger partial charge in [0.25, 0.3) is 0 Å². The maximum absolute atomic E-state index is 6.23. The lowest BCUT2D eigenvalue weighted by Crippen LogP contribution is -2.37. The third-order valence-electron chi connectivity index (χ3n) is 4.34. The van der Waals surface area contributed by atoms with Crippen LogP contribution < -0.4 is 5.19 Å². The Morgan fingerprint density at radius 1 is 0.846 bits per heavy atom. The van der Waals surface area contributed by atoms with Crippen molar-refractivity contribution in [2.45, 2.75) is 19.6 Å². The summed E-state index contributed by atoms with van der Waals surface area (Å²) in [5, 5.41) is 4.88. The van der Waals surface area contributed by atoms with E-state index in [0.29, 0.717) is 11.6 Å². The Kier molecular flexibility index (Phi) is 4.38. The predicted molar refractivity (Wildman–Crippen MR) is 114 cm³/mol. The van der Waals surface area contributed by atoms with Gasteiger partial charge in [-0.1, -0.05) is 61.2 Å². The second-order valence-corrected chi connectivity index (χ2v) is 13.6. The van der Waals surface area contributed by atoms with Gasteiger partial charge in [0.2, 0.25) is 5.28 Å². The molecule has 0 atom stereocenters. The van der Waals surface area contributed by atoms with Gasteiger partial charge in [-0.2, -0.15) is 9.97 Å². The lowest BCUT2D eigenvalue weighted by atomic mass is 10.1. The predicted octanol–water partition coefficient (Wildman–Crippen LogP) is 5.62. The Morgan fingerprint density at radius 3 is 2.31 bits per heavy atom. The van der Waals surface area contributed by atoms with Crippen molar-refractivity contribution in [3.63, 3.8) is 0 Å². The first kappa shape index (κ1) is 17.3. The van der Waals surface area contributed by atoms with Crippen molar-refractivity contribution in [3.05, 3.63) is 59.2 Å². The van der Waals surface area contributed by atoms with Gasteiger partial charge in [0.15, 0.2) is 11.6 Å². The average molecular weight is 396 g/mol. The summed E-state index contributed by atoms with van der Waals surface area (Å²) in [6.45, 7) is 7.00. The van der Waals surface area contributed by atoms with Crippen LogP contribution in [0.5, 0.6) is 0 Å². The maximum atomic E-state index is 6.23. The molecule has 6 heteroatoms. The van der Waals surface area contributed by atoms with Crippen LogP contribution in [0.2, 0.25) is 24.9 Å². The van der Waals surface area contributed by atoms with Gasteiger partial charge in [-0.15, -0.1) is 11.3 Å². The molecule has 26 heavy (non-hydrogen) atoms. The van der Waals surface area contributed by atoms with Crippen LogP contribution in [0.3, 0.4) is 0 Å². The number of benzene rings is 2. The minimum atomic E-state index is -1.33. The quantitative estimate of drug-likeness (QED) is 0.422. The number of aromatic nitrogens is 3. The highest BCUT2D eigenvalue weighted by molar-refractivity contribution is 7.17. The number of thiophene rings is 1. The zero-order chi connectivity index (χ0) is 18.3. The van der Waals surface area contributed by atoms with Crippen LogP contribution in [0.4, 0.5) is 0 Å². The molecule has 2 aromatic heterocycles. The third-order valence-corrected chi connectivity index (χ3v) is 7.54. The number of fused-ring (bicyclic) bond motifs is 1. The fraction of sp³-hybridized carbons (Fsp3) is 0.150. The van der Waals surface area contributed by atoms with Crippen molar-refractivity contribution in [1.29, 1.82) is 0 Å². The van der Waals surface area contributed by atoms with Crippen molar-refractivity contribution in [3.8, 4) is 22.8 Å². The van der Waals surface area contributed by atoms with Crippen molar-refractivity contribution >= 4 is 46.3 Å². The summed E-state index contributed by atoms with van der Waals surface area (Å²) in [7, 11) is -1.33. The second-order valence-electron chi connectivity index (χ2n) is 7.22. The smallest absolute Gasteiger partial charge is 0.208 e. The number of hydrogen-bond acceptors (Lipinski definition) is 4. The van der Waals surface area contributed by atoms with E-state index in [1.807, 2.05) is 12.1 Å². The molecule has 3 nitrogen and oxygen atoms in total. The highest BCUT2D eigenvalue weighted by Crippen LogP contribution is 2.31. The fourth-order valence-electron chi connectivity index (χ4n) is 2.89. The van der Waals surface area contributed by atoms with Crippen LogP contribution in [0.1, 0.15) is 0 Å². The van der Waals surface area contributed by atoms with E-state index in [1.165, 1.54) is 10.6 Å². The standard InChI is InChI=1S/C20H18ClN3SSi/c1-26(2,3)15-9-7-14(8-10-15)18-22-19(24-20(21)23-18)16-6-4-5-13-11-12-25-17(13)16/h4-12H,1-3H3. The van der Waals surface area contributed by atoms with E-state index in [0.717, 1.165) is 15.8 Å². The first-order valence-corrected chi connectivity index (χ1v) is 13.2. The van der Waals surface area contributed by atoms with E-state index in [9.17, 15) is 0 Å². The number of rotatable bonds is 3. The topological polar surface area (TPSA) is 38.7 Å². The van der Waals surface area contributed by atoms with Crippen LogP contribution in [-0.4, -0.2) is 23.0 Å². The van der Waals surface area contributed by atoms with E-state index < -0.39 is 8.07 Å². The summed E-state index contributed by atoms with van der Waals surface area (Å²) in [6, 6.07) is 16.8. The normalized spacial score (nSPS) is 11.8. The summed E-state index contributed by atoms with van der Waals surface area (Å²) in [4.78, 5) is 13.4. The zero-order valence-corrected chi connectivity index (χ0v) is 17.4. The largest absolute Gasteiger partial charge is 0.226 e. The molecule has 2 heterocycles. The molecule has 0 aliphatic rings. The molecule has 4 rings (SSSR count). The first-order chi connectivity index (χ1) is 12.4. The Hall–Kier alpha value is -2.08. The molecule has 0 unspecified atom stereocenters. The monoisotopic (exact) mass is 395 g/mol. The molecule has 0 N–H and O–H groups in total. The van der Waals surface area contributed by atoms with Crippen molar-refractivity contribution in [2.75, 3.05) is 0 Å². The molecule has 4 aromatic rings. The Labute approximate surface area is 162 Å². The van der Waals surface area contributed by atoms with Crippen LogP contribution in [-0.2, 0) is 0 Å². The van der Waals surface area contributed by atoms with Gasteiger partial charge in [0.05, 0.1) is 8.07 Å². The Balaban J connectivity index is 1.81. The summed E-state index contributed by atoms with van der Waals surface area (Å²) in [5.41, 5.74) is 1.94. The van der Waals surface area contributed by atoms with Crippen LogP contribution in [0, 0.1) is 0 Å². The summed E-state index contributed by atoms with van der Waals surface area (Å²) in [6.07, 6.45) is 0.